The minimum atomic E-state index is -4.43. The Morgan fingerprint density at radius 3 is 2.09 bits per heavy atom. The van der Waals surface area contributed by atoms with Crippen molar-refractivity contribution >= 4 is 11.8 Å². The van der Waals surface area contributed by atoms with Crippen LogP contribution in [0.2, 0.25) is 0 Å². The summed E-state index contributed by atoms with van der Waals surface area (Å²) in [5.41, 5.74) is 1.24. The van der Waals surface area contributed by atoms with E-state index in [0.717, 1.165) is 12.1 Å². The molecule has 0 unspecified atom stereocenters. The zero-order valence-corrected chi connectivity index (χ0v) is 16.9. The van der Waals surface area contributed by atoms with Crippen molar-refractivity contribution in [3.63, 3.8) is 0 Å². The quantitative estimate of drug-likeness (QED) is 0.413. The van der Waals surface area contributed by atoms with Gasteiger partial charge in [0.15, 0.2) is 0 Å². The fraction of sp³-hybridized carbons (Fsp3) is 0.167. The van der Waals surface area contributed by atoms with Crippen LogP contribution in [0, 0.1) is 5.82 Å². The molecule has 2 amide bonds. The highest BCUT2D eigenvalue weighted by Gasteiger charge is 2.30. The molecule has 4 nitrogen and oxygen atoms in total. The van der Waals surface area contributed by atoms with Crippen molar-refractivity contribution in [2.75, 3.05) is 13.1 Å². The molecule has 0 aliphatic carbocycles. The first-order valence-corrected chi connectivity index (χ1v) is 9.79. The zero-order valence-electron chi connectivity index (χ0n) is 16.9. The van der Waals surface area contributed by atoms with Gasteiger partial charge in [0.05, 0.1) is 12.0 Å². The van der Waals surface area contributed by atoms with E-state index < -0.39 is 11.7 Å². The van der Waals surface area contributed by atoms with Gasteiger partial charge in [-0.3, -0.25) is 9.59 Å². The molecular weight excluding hydrogens is 424 g/mol. The third kappa shape index (κ3) is 6.41. The molecule has 0 aromatic heterocycles. The molecule has 3 aromatic rings. The molecule has 0 saturated heterocycles. The number of nitrogens with one attached hydrogen (secondary N) is 2. The predicted molar refractivity (Wildman–Crippen MR) is 112 cm³/mol. The van der Waals surface area contributed by atoms with Crippen LogP contribution in [0.5, 0.6) is 0 Å². The van der Waals surface area contributed by atoms with E-state index in [1.165, 1.54) is 42.5 Å². The molecule has 0 aliphatic heterocycles. The lowest BCUT2D eigenvalue weighted by Gasteiger charge is -2.10. The summed E-state index contributed by atoms with van der Waals surface area (Å²) in [6.45, 7) is 0.414. The van der Waals surface area contributed by atoms with Gasteiger partial charge in [0.2, 0.25) is 5.91 Å². The average molecular weight is 444 g/mol. The molecule has 0 fully saturated rings. The first kappa shape index (κ1) is 23.0. The summed E-state index contributed by atoms with van der Waals surface area (Å²) in [6.07, 6.45) is -4.32. The van der Waals surface area contributed by atoms with E-state index in [1.54, 1.807) is 18.2 Å². The lowest BCUT2D eigenvalue weighted by atomic mass is 10.0. The van der Waals surface area contributed by atoms with Crippen LogP contribution in [0.1, 0.15) is 21.5 Å². The van der Waals surface area contributed by atoms with Crippen LogP contribution in [0.3, 0.4) is 0 Å². The molecule has 0 saturated carbocycles. The van der Waals surface area contributed by atoms with Crippen LogP contribution in [0.15, 0.2) is 72.8 Å². The van der Waals surface area contributed by atoms with E-state index >= 15 is 0 Å². The lowest BCUT2D eigenvalue weighted by Crippen LogP contribution is -2.35. The molecule has 0 aliphatic rings. The first-order chi connectivity index (χ1) is 15.2. The van der Waals surface area contributed by atoms with Crippen LogP contribution >= 0.6 is 0 Å². The molecule has 3 rings (SSSR count). The number of alkyl halides is 3. The van der Waals surface area contributed by atoms with E-state index in [4.69, 9.17) is 0 Å². The van der Waals surface area contributed by atoms with Crippen molar-refractivity contribution in [3.05, 3.63) is 95.3 Å². The SMILES string of the molecule is O=C(Cc1ccc(F)cc1)NCCNC(=O)c1ccc(-c2cccc(C(F)(F)F)c2)cc1. The minimum absolute atomic E-state index is 0.102. The fourth-order valence-corrected chi connectivity index (χ4v) is 3.02. The van der Waals surface area contributed by atoms with E-state index in [9.17, 15) is 27.2 Å². The van der Waals surface area contributed by atoms with Crippen molar-refractivity contribution in [1.82, 2.24) is 10.6 Å². The Morgan fingerprint density at radius 1 is 0.781 bits per heavy atom. The van der Waals surface area contributed by atoms with Crippen LogP contribution in [-0.4, -0.2) is 24.9 Å². The first-order valence-electron chi connectivity index (χ1n) is 9.79. The Morgan fingerprint density at radius 2 is 1.44 bits per heavy atom. The van der Waals surface area contributed by atoms with Gasteiger partial charge >= 0.3 is 6.18 Å². The number of rotatable bonds is 7. The predicted octanol–water partition coefficient (Wildman–Crippen LogP) is 4.60. The molecule has 0 heterocycles. The summed E-state index contributed by atoms with van der Waals surface area (Å²) in [5, 5.41) is 5.32. The van der Waals surface area contributed by atoms with Crippen LogP contribution in [0.25, 0.3) is 11.1 Å². The number of benzene rings is 3. The van der Waals surface area contributed by atoms with Crippen molar-refractivity contribution in [2.45, 2.75) is 12.6 Å². The number of carbonyl (C=O) groups is 2. The van der Waals surface area contributed by atoms with Gasteiger partial charge in [-0.05, 0) is 53.1 Å². The second-order valence-corrected chi connectivity index (χ2v) is 7.07. The Hall–Kier alpha value is -3.68. The number of carbonyl (C=O) groups excluding carboxylic acids is 2. The monoisotopic (exact) mass is 444 g/mol. The second kappa shape index (κ2) is 10.1. The van der Waals surface area contributed by atoms with E-state index in [-0.39, 0.29) is 37.1 Å². The summed E-state index contributed by atoms with van der Waals surface area (Å²) < 4.78 is 51.5. The van der Waals surface area contributed by atoms with Gasteiger partial charge in [-0.15, -0.1) is 0 Å². The van der Waals surface area contributed by atoms with Crippen molar-refractivity contribution < 1.29 is 27.2 Å². The molecule has 0 bridgehead atoms. The maximum atomic E-state index is 12.9. The Kier molecular flexibility index (Phi) is 7.25. The smallest absolute Gasteiger partial charge is 0.354 e. The molecule has 8 heteroatoms. The number of amides is 2. The zero-order chi connectivity index (χ0) is 23.1. The number of halogens is 4. The van der Waals surface area contributed by atoms with E-state index in [1.807, 2.05) is 0 Å². The number of hydrogen-bond donors (Lipinski definition) is 2. The molecule has 0 spiro atoms. The summed E-state index contributed by atoms with van der Waals surface area (Å²) in [7, 11) is 0. The second-order valence-electron chi connectivity index (χ2n) is 7.07. The lowest BCUT2D eigenvalue weighted by molar-refractivity contribution is -0.137. The average Bonchev–Trinajstić information content (AvgIpc) is 2.78. The molecule has 32 heavy (non-hydrogen) atoms. The number of hydrogen-bond acceptors (Lipinski definition) is 2. The Balaban J connectivity index is 1.48. The standard InChI is InChI=1S/C24H20F4N2O2/c25-21-10-4-16(5-11-21)14-22(31)29-12-13-30-23(32)18-8-6-17(7-9-18)19-2-1-3-20(15-19)24(26,27)28/h1-11,15H,12-14H2,(H,29,31)(H,30,32). The maximum absolute atomic E-state index is 12.9. The van der Waals surface area contributed by atoms with Gasteiger partial charge < -0.3 is 10.6 Å². The minimum Gasteiger partial charge on any atom is -0.354 e. The molecule has 3 aromatic carbocycles. The molecule has 0 atom stereocenters. The molecule has 166 valence electrons. The third-order valence-electron chi connectivity index (χ3n) is 4.68. The third-order valence-corrected chi connectivity index (χ3v) is 4.68. The maximum Gasteiger partial charge on any atom is 0.416 e. The van der Waals surface area contributed by atoms with E-state index in [0.29, 0.717) is 22.3 Å². The highest BCUT2D eigenvalue weighted by atomic mass is 19.4. The van der Waals surface area contributed by atoms with Gasteiger partial charge in [-0.2, -0.15) is 13.2 Å². The highest BCUT2D eigenvalue weighted by Crippen LogP contribution is 2.32. The topological polar surface area (TPSA) is 58.2 Å². The van der Waals surface area contributed by atoms with E-state index in [2.05, 4.69) is 10.6 Å². The summed E-state index contributed by atoms with van der Waals surface area (Å²) in [5.74, 6) is -0.996. The van der Waals surface area contributed by atoms with Crippen LogP contribution in [0.4, 0.5) is 17.6 Å². The summed E-state index contributed by atoms with van der Waals surface area (Å²) in [4.78, 5) is 24.1. The van der Waals surface area contributed by atoms with Gasteiger partial charge in [0.25, 0.3) is 5.91 Å². The van der Waals surface area contributed by atoms with Gasteiger partial charge in [0, 0.05) is 18.7 Å². The Labute approximate surface area is 182 Å². The van der Waals surface area contributed by atoms with Crippen molar-refractivity contribution in [1.29, 1.82) is 0 Å². The van der Waals surface area contributed by atoms with Crippen molar-refractivity contribution in [3.8, 4) is 11.1 Å². The summed E-state index contributed by atoms with van der Waals surface area (Å²) >= 11 is 0. The summed E-state index contributed by atoms with van der Waals surface area (Å²) in [6, 6.07) is 16.8. The van der Waals surface area contributed by atoms with Gasteiger partial charge in [-0.25, -0.2) is 4.39 Å². The molecule has 0 radical (unpaired) electrons. The highest BCUT2D eigenvalue weighted by molar-refractivity contribution is 5.94. The van der Waals surface area contributed by atoms with Crippen LogP contribution < -0.4 is 10.6 Å². The largest absolute Gasteiger partial charge is 0.416 e. The molecule has 2 N–H and O–H groups in total. The van der Waals surface area contributed by atoms with Gasteiger partial charge in [0.1, 0.15) is 5.82 Å². The Bertz CT molecular complexity index is 1080. The van der Waals surface area contributed by atoms with Gasteiger partial charge in [-0.1, -0.05) is 36.4 Å². The fourth-order valence-electron chi connectivity index (χ4n) is 3.02. The van der Waals surface area contributed by atoms with Crippen LogP contribution in [-0.2, 0) is 17.4 Å². The normalized spacial score (nSPS) is 11.1. The molecular formula is C24H20F4N2O2. The van der Waals surface area contributed by atoms with Crippen molar-refractivity contribution in [2.24, 2.45) is 0 Å².